The zero-order valence-electron chi connectivity index (χ0n) is 10.8. The molecule has 18 heavy (non-hydrogen) atoms. The van der Waals surface area contributed by atoms with Gasteiger partial charge >= 0.3 is 0 Å². The minimum absolute atomic E-state index is 0.0415. The maximum Gasteiger partial charge on any atom is 0.195 e. The Kier molecular flexibility index (Phi) is 5.72. The monoisotopic (exact) mass is 262 g/mol. The number of carbonyl (C=O) groups is 2. The molecule has 0 radical (unpaired) electrons. The summed E-state index contributed by atoms with van der Waals surface area (Å²) >= 11 is 1.46. The molecule has 0 aliphatic heterocycles. The summed E-state index contributed by atoms with van der Waals surface area (Å²) in [5.41, 5.74) is -0.0415. The molecule has 0 aliphatic carbocycles. The average Bonchev–Trinajstić information content (AvgIpc) is 2.86. The van der Waals surface area contributed by atoms with Crippen LogP contribution in [0.3, 0.4) is 0 Å². The standard InChI is InChI=1S/C15H18O2S/c1-15(2,9-4-3-5-11-16)10-8-13(17)14-7-6-12-18-14/h3,5-8,10-12H,4,9H2,1-2H3/b5-3+,10-8+. The van der Waals surface area contributed by atoms with Crippen LogP contribution in [-0.2, 0) is 4.79 Å². The summed E-state index contributed by atoms with van der Waals surface area (Å²) in [7, 11) is 0. The zero-order valence-corrected chi connectivity index (χ0v) is 11.6. The first kappa shape index (κ1) is 14.6. The molecule has 1 aromatic rings. The molecule has 0 aliphatic rings. The van der Waals surface area contributed by atoms with E-state index in [1.165, 1.54) is 17.4 Å². The topological polar surface area (TPSA) is 34.1 Å². The predicted molar refractivity (Wildman–Crippen MR) is 76.0 cm³/mol. The van der Waals surface area contributed by atoms with Crippen molar-refractivity contribution in [2.45, 2.75) is 26.7 Å². The van der Waals surface area contributed by atoms with Gasteiger partial charge in [0.1, 0.15) is 6.29 Å². The van der Waals surface area contributed by atoms with Crippen molar-refractivity contribution in [3.8, 4) is 0 Å². The first-order valence-corrected chi connectivity index (χ1v) is 6.80. The van der Waals surface area contributed by atoms with Crippen LogP contribution in [0.1, 0.15) is 36.4 Å². The van der Waals surface area contributed by atoms with E-state index in [2.05, 4.69) is 13.8 Å². The Bertz CT molecular complexity index is 439. The SMILES string of the molecule is CC(C)(/C=C/C(=O)c1cccs1)CC/C=C/C=O. The van der Waals surface area contributed by atoms with Crippen LogP contribution in [0.5, 0.6) is 0 Å². The highest BCUT2D eigenvalue weighted by molar-refractivity contribution is 7.12. The van der Waals surface area contributed by atoms with Gasteiger partial charge in [0.2, 0.25) is 0 Å². The molecule has 3 heteroatoms. The Morgan fingerprint density at radius 1 is 1.44 bits per heavy atom. The highest BCUT2D eigenvalue weighted by Gasteiger charge is 2.13. The molecule has 1 heterocycles. The van der Waals surface area contributed by atoms with E-state index in [9.17, 15) is 9.59 Å². The van der Waals surface area contributed by atoms with E-state index < -0.39 is 0 Å². The minimum Gasteiger partial charge on any atom is -0.299 e. The number of allylic oxidation sites excluding steroid dienone is 4. The Morgan fingerprint density at radius 2 is 2.22 bits per heavy atom. The molecule has 0 saturated heterocycles. The molecule has 0 aromatic carbocycles. The summed E-state index contributed by atoms with van der Waals surface area (Å²) < 4.78 is 0. The molecule has 96 valence electrons. The Morgan fingerprint density at radius 3 is 2.83 bits per heavy atom. The molecule has 0 amide bonds. The second-order valence-electron chi connectivity index (χ2n) is 4.77. The van der Waals surface area contributed by atoms with Crippen molar-refractivity contribution in [2.75, 3.05) is 0 Å². The average molecular weight is 262 g/mol. The van der Waals surface area contributed by atoms with Gasteiger partial charge in [-0.3, -0.25) is 9.59 Å². The Hall–Kier alpha value is -1.48. The number of carbonyl (C=O) groups excluding carboxylic acids is 2. The summed E-state index contributed by atoms with van der Waals surface area (Å²) in [4.78, 5) is 22.7. The molecule has 0 N–H and O–H groups in total. The molecule has 2 nitrogen and oxygen atoms in total. The molecule has 0 spiro atoms. The van der Waals surface area contributed by atoms with Gasteiger partial charge in [0.15, 0.2) is 5.78 Å². The summed E-state index contributed by atoms with van der Waals surface area (Å²) in [6.07, 6.45) is 9.48. The number of ketones is 1. The van der Waals surface area contributed by atoms with Gasteiger partial charge in [-0.15, -0.1) is 11.3 Å². The van der Waals surface area contributed by atoms with Gasteiger partial charge in [0.25, 0.3) is 0 Å². The van der Waals surface area contributed by atoms with Crippen LogP contribution in [0.2, 0.25) is 0 Å². The molecule has 0 atom stereocenters. The van der Waals surface area contributed by atoms with Gasteiger partial charge in [0, 0.05) is 0 Å². The fourth-order valence-corrected chi connectivity index (χ4v) is 2.14. The van der Waals surface area contributed by atoms with Gasteiger partial charge in [0.05, 0.1) is 4.88 Å². The highest BCUT2D eigenvalue weighted by Crippen LogP contribution is 2.24. The van der Waals surface area contributed by atoms with Gasteiger partial charge < -0.3 is 0 Å². The van der Waals surface area contributed by atoms with E-state index in [1.54, 1.807) is 6.08 Å². The van der Waals surface area contributed by atoms with Crippen LogP contribution >= 0.6 is 11.3 Å². The molecule has 0 fully saturated rings. The van der Waals surface area contributed by atoms with Crippen LogP contribution in [0.25, 0.3) is 0 Å². The van der Waals surface area contributed by atoms with Crippen molar-refractivity contribution < 1.29 is 9.59 Å². The van der Waals surface area contributed by atoms with E-state index in [1.807, 2.05) is 29.7 Å². The van der Waals surface area contributed by atoms with E-state index in [4.69, 9.17) is 0 Å². The van der Waals surface area contributed by atoms with Crippen LogP contribution in [0.4, 0.5) is 0 Å². The smallest absolute Gasteiger partial charge is 0.195 e. The lowest BCUT2D eigenvalue weighted by Gasteiger charge is -2.18. The Labute approximate surface area is 112 Å². The fraction of sp³-hybridized carbons (Fsp3) is 0.333. The van der Waals surface area contributed by atoms with Crippen LogP contribution < -0.4 is 0 Å². The minimum atomic E-state index is -0.0415. The summed E-state index contributed by atoms with van der Waals surface area (Å²) in [6, 6.07) is 3.71. The summed E-state index contributed by atoms with van der Waals surface area (Å²) in [5, 5.41) is 1.90. The predicted octanol–water partition coefficient (Wildman–Crippen LogP) is 4.05. The van der Waals surface area contributed by atoms with Gasteiger partial charge in [-0.25, -0.2) is 0 Å². The van der Waals surface area contributed by atoms with Crippen LogP contribution in [0.15, 0.2) is 41.8 Å². The fourth-order valence-electron chi connectivity index (χ4n) is 1.49. The lowest BCUT2D eigenvalue weighted by atomic mass is 9.87. The highest BCUT2D eigenvalue weighted by atomic mass is 32.1. The molecule has 1 aromatic heterocycles. The van der Waals surface area contributed by atoms with Gasteiger partial charge in [-0.2, -0.15) is 0 Å². The van der Waals surface area contributed by atoms with Gasteiger partial charge in [-0.05, 0) is 41.9 Å². The van der Waals surface area contributed by atoms with Crippen LogP contribution in [0, 0.1) is 5.41 Å². The van der Waals surface area contributed by atoms with Crippen molar-refractivity contribution in [1.82, 2.24) is 0 Å². The van der Waals surface area contributed by atoms with Crippen molar-refractivity contribution in [3.05, 3.63) is 46.7 Å². The number of thiophene rings is 1. The summed E-state index contributed by atoms with van der Waals surface area (Å²) in [5.74, 6) is 0.0570. The lowest BCUT2D eigenvalue weighted by Crippen LogP contribution is -2.07. The van der Waals surface area contributed by atoms with E-state index >= 15 is 0 Å². The van der Waals surface area contributed by atoms with Crippen molar-refractivity contribution in [1.29, 1.82) is 0 Å². The number of rotatable bonds is 7. The largest absolute Gasteiger partial charge is 0.299 e. The quantitative estimate of drug-likeness (QED) is 0.422. The maximum absolute atomic E-state index is 11.8. The number of aldehydes is 1. The van der Waals surface area contributed by atoms with Gasteiger partial charge in [-0.1, -0.05) is 32.1 Å². The number of hydrogen-bond donors (Lipinski definition) is 0. The first-order valence-electron chi connectivity index (χ1n) is 5.92. The molecule has 1 rings (SSSR count). The maximum atomic E-state index is 11.8. The number of hydrogen-bond acceptors (Lipinski definition) is 3. The molecular weight excluding hydrogens is 244 g/mol. The third-order valence-electron chi connectivity index (χ3n) is 2.62. The lowest BCUT2D eigenvalue weighted by molar-refractivity contribution is -0.104. The van der Waals surface area contributed by atoms with E-state index in [-0.39, 0.29) is 11.2 Å². The molecule has 0 saturated carbocycles. The van der Waals surface area contributed by atoms with E-state index in [0.29, 0.717) is 0 Å². The van der Waals surface area contributed by atoms with Crippen molar-refractivity contribution >= 4 is 23.4 Å². The second kappa shape index (κ2) is 7.07. The molecular formula is C15H18O2S. The zero-order chi connectivity index (χ0) is 13.4. The third-order valence-corrected chi connectivity index (χ3v) is 3.50. The van der Waals surface area contributed by atoms with E-state index in [0.717, 1.165) is 24.0 Å². The first-order chi connectivity index (χ1) is 8.55. The van der Waals surface area contributed by atoms with Crippen molar-refractivity contribution in [3.63, 3.8) is 0 Å². The Balaban J connectivity index is 2.51. The second-order valence-corrected chi connectivity index (χ2v) is 5.71. The third kappa shape index (κ3) is 5.23. The van der Waals surface area contributed by atoms with Crippen molar-refractivity contribution in [2.24, 2.45) is 5.41 Å². The normalized spacial score (nSPS) is 12.3. The van der Waals surface area contributed by atoms with Crippen LogP contribution in [-0.4, -0.2) is 12.1 Å². The molecule has 0 unspecified atom stereocenters. The molecule has 0 bridgehead atoms. The summed E-state index contributed by atoms with van der Waals surface area (Å²) in [6.45, 7) is 4.17.